The van der Waals surface area contributed by atoms with E-state index in [0.717, 1.165) is 24.3 Å². The minimum atomic E-state index is -4.73. The fraction of sp³-hybridized carbons (Fsp3) is 0.125. The average Bonchev–Trinajstić information content (AvgIpc) is 2.61. The molecule has 2 N–H and O–H groups in total. The molecule has 6 nitrogen and oxygen atoms in total. The second kappa shape index (κ2) is 8.24. The van der Waals surface area contributed by atoms with E-state index in [4.69, 9.17) is 11.6 Å². The third-order valence-electron chi connectivity index (χ3n) is 3.27. The van der Waals surface area contributed by atoms with E-state index in [1.54, 1.807) is 24.3 Å². The second-order valence-electron chi connectivity index (χ2n) is 5.14. The zero-order chi connectivity index (χ0) is 19.3. The van der Waals surface area contributed by atoms with Crippen LogP contribution in [-0.2, 0) is 21.1 Å². The first-order chi connectivity index (χ1) is 12.2. The second-order valence-corrected chi connectivity index (χ2v) is 7.49. The summed E-state index contributed by atoms with van der Waals surface area (Å²) in [7, 11) is -4.73. The van der Waals surface area contributed by atoms with E-state index in [1.807, 2.05) is 0 Å². The lowest BCUT2D eigenvalue weighted by atomic mass is 10.1. The van der Waals surface area contributed by atoms with Crippen LogP contribution in [0.1, 0.15) is 15.9 Å². The Morgan fingerprint density at radius 3 is 2.08 bits per heavy atom. The van der Waals surface area contributed by atoms with Gasteiger partial charge in [-0.15, -0.1) is 0 Å². The molecule has 10 heteroatoms. The van der Waals surface area contributed by atoms with Crippen molar-refractivity contribution in [1.29, 1.82) is 0 Å². The minimum absolute atomic E-state index is 0.00299. The monoisotopic (exact) mass is 402 g/mol. The lowest BCUT2D eigenvalue weighted by Gasteiger charge is -2.08. The van der Waals surface area contributed by atoms with Crippen LogP contribution in [0, 0.1) is 0 Å². The maximum Gasteiger partial charge on any atom is 0.341 e. The van der Waals surface area contributed by atoms with Gasteiger partial charge in [-0.2, -0.15) is 8.78 Å². The van der Waals surface area contributed by atoms with E-state index in [2.05, 4.69) is 10.9 Å². The van der Waals surface area contributed by atoms with E-state index in [9.17, 15) is 26.8 Å². The number of hydrogen-bond acceptors (Lipinski definition) is 4. The first-order valence-electron chi connectivity index (χ1n) is 7.16. The average molecular weight is 403 g/mol. The van der Waals surface area contributed by atoms with Crippen LogP contribution >= 0.6 is 11.6 Å². The van der Waals surface area contributed by atoms with Crippen molar-refractivity contribution >= 4 is 33.3 Å². The molecule has 0 atom stereocenters. The number of amides is 2. The van der Waals surface area contributed by atoms with E-state index in [0.29, 0.717) is 10.6 Å². The Balaban J connectivity index is 1.93. The molecule has 0 aliphatic carbocycles. The molecule has 0 saturated heterocycles. The molecule has 0 aliphatic heterocycles. The van der Waals surface area contributed by atoms with Crippen LogP contribution in [0.25, 0.3) is 0 Å². The van der Waals surface area contributed by atoms with Gasteiger partial charge in [-0.25, -0.2) is 8.42 Å². The molecular weight excluding hydrogens is 390 g/mol. The van der Waals surface area contributed by atoms with Crippen molar-refractivity contribution in [2.45, 2.75) is 17.1 Å². The van der Waals surface area contributed by atoms with Gasteiger partial charge in [0.2, 0.25) is 15.7 Å². The zero-order valence-corrected chi connectivity index (χ0v) is 14.7. The normalized spacial score (nSPS) is 11.2. The molecule has 26 heavy (non-hydrogen) atoms. The van der Waals surface area contributed by atoms with Gasteiger partial charge in [-0.1, -0.05) is 23.7 Å². The molecule has 0 fully saturated rings. The number of carbonyl (C=O) groups is 2. The van der Waals surface area contributed by atoms with Gasteiger partial charge >= 0.3 is 5.76 Å². The number of nitrogens with one attached hydrogen (secondary N) is 2. The van der Waals surface area contributed by atoms with Crippen molar-refractivity contribution in [1.82, 2.24) is 10.9 Å². The summed E-state index contributed by atoms with van der Waals surface area (Å²) in [5.41, 5.74) is 5.02. The SMILES string of the molecule is O=C(Cc1ccc(Cl)cc1)NNC(=O)c1ccc(S(=O)(=O)C(F)F)cc1. The molecule has 0 bridgehead atoms. The number of sulfone groups is 1. The summed E-state index contributed by atoms with van der Waals surface area (Å²) in [4.78, 5) is 23.1. The van der Waals surface area contributed by atoms with Gasteiger partial charge < -0.3 is 0 Å². The quantitative estimate of drug-likeness (QED) is 0.751. The van der Waals surface area contributed by atoms with Crippen molar-refractivity contribution in [2.24, 2.45) is 0 Å². The fourth-order valence-corrected chi connectivity index (χ4v) is 2.78. The number of alkyl halides is 2. The summed E-state index contributed by atoms with van der Waals surface area (Å²) in [6.07, 6.45) is 0.00299. The van der Waals surface area contributed by atoms with Gasteiger partial charge in [-0.3, -0.25) is 20.4 Å². The Hall–Kier alpha value is -2.52. The molecule has 0 aliphatic rings. The number of rotatable bonds is 5. The van der Waals surface area contributed by atoms with Crippen LogP contribution in [0.4, 0.5) is 8.78 Å². The van der Waals surface area contributed by atoms with E-state index in [1.165, 1.54) is 0 Å². The largest absolute Gasteiger partial charge is 0.341 e. The molecule has 0 radical (unpaired) electrons. The van der Waals surface area contributed by atoms with Crippen LogP contribution in [0.2, 0.25) is 5.02 Å². The predicted molar refractivity (Wildman–Crippen MR) is 90.4 cm³/mol. The van der Waals surface area contributed by atoms with Gasteiger partial charge in [0.15, 0.2) is 0 Å². The van der Waals surface area contributed by atoms with E-state index < -0.39 is 32.3 Å². The van der Waals surface area contributed by atoms with Crippen LogP contribution in [0.15, 0.2) is 53.4 Å². The number of benzene rings is 2. The summed E-state index contributed by atoms with van der Waals surface area (Å²) in [6.45, 7) is 0. The van der Waals surface area contributed by atoms with Crippen LogP contribution < -0.4 is 10.9 Å². The van der Waals surface area contributed by atoms with E-state index >= 15 is 0 Å². The summed E-state index contributed by atoms with van der Waals surface area (Å²) in [5, 5.41) is 0.528. The molecule has 138 valence electrons. The minimum Gasteiger partial charge on any atom is -0.273 e. The maximum atomic E-state index is 12.4. The molecule has 0 spiro atoms. The summed E-state index contributed by atoms with van der Waals surface area (Å²) in [5.74, 6) is -4.76. The third-order valence-corrected chi connectivity index (χ3v) is 4.92. The molecule has 0 aromatic heterocycles. The van der Waals surface area contributed by atoms with Crippen molar-refractivity contribution < 1.29 is 26.8 Å². The highest BCUT2D eigenvalue weighted by molar-refractivity contribution is 7.91. The highest BCUT2D eigenvalue weighted by Gasteiger charge is 2.26. The third kappa shape index (κ3) is 4.99. The number of halogens is 3. The molecule has 2 rings (SSSR count). The van der Waals surface area contributed by atoms with Gasteiger partial charge in [-0.05, 0) is 42.0 Å². The first kappa shape index (κ1) is 19.8. The standard InChI is InChI=1S/C16H13ClF2N2O4S/c17-12-5-1-10(2-6-12)9-14(22)20-21-15(23)11-3-7-13(8-4-11)26(24,25)16(18)19/h1-8,16H,9H2,(H,20,22)(H,21,23). The Morgan fingerprint density at radius 2 is 1.54 bits per heavy atom. The molecule has 2 amide bonds. The highest BCUT2D eigenvalue weighted by Crippen LogP contribution is 2.18. The van der Waals surface area contributed by atoms with E-state index in [-0.39, 0.29) is 12.0 Å². The van der Waals surface area contributed by atoms with Crippen molar-refractivity contribution in [3.8, 4) is 0 Å². The number of hydrazine groups is 1. The van der Waals surface area contributed by atoms with Crippen LogP contribution in [0.5, 0.6) is 0 Å². The molecule has 2 aromatic rings. The predicted octanol–water partition coefficient (Wildman–Crippen LogP) is 2.34. The summed E-state index contributed by atoms with van der Waals surface area (Å²) < 4.78 is 47.5. The Labute approximate surface area is 153 Å². The molecule has 0 heterocycles. The number of carbonyl (C=O) groups excluding carboxylic acids is 2. The Kier molecular flexibility index (Phi) is 6.27. The van der Waals surface area contributed by atoms with Crippen molar-refractivity contribution in [3.63, 3.8) is 0 Å². The van der Waals surface area contributed by atoms with Crippen molar-refractivity contribution in [3.05, 3.63) is 64.7 Å². The van der Waals surface area contributed by atoms with Crippen molar-refractivity contribution in [2.75, 3.05) is 0 Å². The van der Waals surface area contributed by atoms with Crippen LogP contribution in [0.3, 0.4) is 0 Å². The van der Waals surface area contributed by atoms with Gasteiger partial charge in [0, 0.05) is 10.6 Å². The smallest absolute Gasteiger partial charge is 0.273 e. The molecular formula is C16H13ClF2N2O4S. The highest BCUT2D eigenvalue weighted by atomic mass is 35.5. The Bertz CT molecular complexity index is 901. The maximum absolute atomic E-state index is 12.4. The molecule has 0 unspecified atom stereocenters. The van der Waals surface area contributed by atoms with Gasteiger partial charge in [0.25, 0.3) is 5.91 Å². The topological polar surface area (TPSA) is 92.3 Å². The Morgan fingerprint density at radius 1 is 0.962 bits per heavy atom. The number of hydrogen-bond donors (Lipinski definition) is 2. The van der Waals surface area contributed by atoms with Crippen LogP contribution in [-0.4, -0.2) is 26.0 Å². The molecule has 0 saturated carbocycles. The van der Waals surface area contributed by atoms with Gasteiger partial charge in [0.1, 0.15) is 0 Å². The molecule has 2 aromatic carbocycles. The lowest BCUT2D eigenvalue weighted by Crippen LogP contribution is -2.42. The zero-order valence-electron chi connectivity index (χ0n) is 13.1. The summed E-state index contributed by atoms with van der Waals surface area (Å²) >= 11 is 5.74. The fourth-order valence-electron chi connectivity index (χ4n) is 1.93. The lowest BCUT2D eigenvalue weighted by molar-refractivity contribution is -0.121. The summed E-state index contributed by atoms with van der Waals surface area (Å²) in [6, 6.07) is 10.5. The van der Waals surface area contributed by atoms with Gasteiger partial charge in [0.05, 0.1) is 11.3 Å². The first-order valence-corrected chi connectivity index (χ1v) is 9.08.